The van der Waals surface area contributed by atoms with E-state index in [0.717, 1.165) is 25.2 Å². The summed E-state index contributed by atoms with van der Waals surface area (Å²) in [6, 6.07) is 0. The van der Waals surface area contributed by atoms with Crippen molar-refractivity contribution in [2.75, 3.05) is 12.3 Å². The van der Waals surface area contributed by atoms with Gasteiger partial charge < -0.3 is 4.57 Å². The maximum absolute atomic E-state index is 10.6. The van der Waals surface area contributed by atoms with Gasteiger partial charge in [0.05, 0.1) is 7.80 Å². The zero-order chi connectivity index (χ0) is 5.11. The van der Waals surface area contributed by atoms with Gasteiger partial charge in [-0.05, 0) is 31.6 Å². The normalized spacial score (nSPS) is 25.1. The molecule has 0 aromatic rings. The molecule has 0 atom stereocenters. The molecule has 1 saturated heterocycles. The maximum atomic E-state index is 10.6. The van der Waals surface area contributed by atoms with Gasteiger partial charge in [-0.2, -0.15) is 0 Å². The fraction of sp³-hybridized carbons (Fsp3) is 0.800. The van der Waals surface area contributed by atoms with Crippen LogP contribution in [0.15, 0.2) is 0 Å². The van der Waals surface area contributed by atoms with Crippen molar-refractivity contribution in [3.63, 3.8) is 0 Å². The molecule has 1 fully saturated rings. The molecule has 0 amide bonds. The average molecular weight is 117 g/mol. The Kier molecular flexibility index (Phi) is 1.93. The molecule has 0 unspecified atom stereocenters. The first-order chi connectivity index (χ1) is 3.39. The van der Waals surface area contributed by atoms with Crippen molar-refractivity contribution in [2.45, 2.75) is 12.8 Å². The Hall–Kier alpha value is 0.230. The molecule has 0 aromatic heterocycles. The van der Waals surface area contributed by atoms with Crippen molar-refractivity contribution in [3.8, 4) is 0 Å². The van der Waals surface area contributed by atoms with Crippen LogP contribution in [0.25, 0.3) is 0 Å². The molecule has 1 radical (unpaired) electrons. The molecule has 0 aromatic carbocycles. The SMILES string of the molecule is O=[PH]1CC[CH]CC1. The minimum Gasteiger partial charge on any atom is -0.327 e. The van der Waals surface area contributed by atoms with Gasteiger partial charge in [-0.25, -0.2) is 0 Å². The zero-order valence-electron chi connectivity index (χ0n) is 4.31. The van der Waals surface area contributed by atoms with Crippen LogP contribution in [0.5, 0.6) is 0 Å². The van der Waals surface area contributed by atoms with Crippen molar-refractivity contribution >= 4 is 7.80 Å². The van der Waals surface area contributed by atoms with E-state index in [1.165, 1.54) is 0 Å². The lowest BCUT2D eigenvalue weighted by Gasteiger charge is -2.06. The second-order valence-electron chi connectivity index (χ2n) is 1.90. The third-order valence-corrected chi connectivity index (χ3v) is 2.95. The van der Waals surface area contributed by atoms with Crippen molar-refractivity contribution in [1.82, 2.24) is 0 Å². The molecular formula is C5H10OP. The number of rotatable bonds is 0. The largest absolute Gasteiger partial charge is 0.327 e. The summed E-state index contributed by atoms with van der Waals surface area (Å²) in [5.41, 5.74) is 0. The average Bonchev–Trinajstić information content (AvgIpc) is 1.69. The van der Waals surface area contributed by atoms with Gasteiger partial charge in [0.15, 0.2) is 0 Å². The molecule has 1 nitrogen and oxygen atoms in total. The zero-order valence-corrected chi connectivity index (χ0v) is 5.31. The molecule has 0 aliphatic carbocycles. The molecule has 2 heteroatoms. The summed E-state index contributed by atoms with van der Waals surface area (Å²) in [4.78, 5) is 0. The summed E-state index contributed by atoms with van der Waals surface area (Å²) in [6.07, 6.45) is 6.37. The second kappa shape index (κ2) is 2.52. The molecule has 1 rings (SSSR count). The molecule has 0 N–H and O–H groups in total. The molecule has 1 heterocycles. The Bertz CT molecular complexity index is 72.1. The third kappa shape index (κ3) is 1.65. The monoisotopic (exact) mass is 117 g/mol. The topological polar surface area (TPSA) is 17.1 Å². The van der Waals surface area contributed by atoms with Gasteiger partial charge in [0, 0.05) is 0 Å². The van der Waals surface area contributed by atoms with Crippen molar-refractivity contribution in [1.29, 1.82) is 0 Å². The number of hydrogen-bond acceptors (Lipinski definition) is 1. The standard InChI is InChI=1S/C5H10OP/c6-7-4-2-1-3-5-7/h1,7H,2-5H2. The van der Waals surface area contributed by atoms with E-state index in [4.69, 9.17) is 0 Å². The van der Waals surface area contributed by atoms with Gasteiger partial charge in [-0.3, -0.25) is 0 Å². The van der Waals surface area contributed by atoms with Gasteiger partial charge in [-0.1, -0.05) is 0 Å². The minimum absolute atomic E-state index is 0.977. The van der Waals surface area contributed by atoms with Gasteiger partial charge in [0.25, 0.3) is 0 Å². The summed E-state index contributed by atoms with van der Waals surface area (Å²) in [7, 11) is -1.07. The predicted octanol–water partition coefficient (Wildman–Crippen LogP) is 1.54. The van der Waals surface area contributed by atoms with Crippen LogP contribution in [0.4, 0.5) is 0 Å². The molecule has 7 heavy (non-hydrogen) atoms. The molecule has 1 aliphatic rings. The summed E-state index contributed by atoms with van der Waals surface area (Å²) in [5, 5.41) is 0. The summed E-state index contributed by atoms with van der Waals surface area (Å²) in [5.74, 6) is 0. The molecular weight excluding hydrogens is 107 g/mol. The van der Waals surface area contributed by atoms with Crippen LogP contribution >= 0.6 is 7.80 Å². The Morgan fingerprint density at radius 3 is 2.14 bits per heavy atom. The minimum atomic E-state index is -1.07. The highest BCUT2D eigenvalue weighted by atomic mass is 31.1. The Labute approximate surface area is 44.9 Å². The van der Waals surface area contributed by atoms with E-state index in [0.29, 0.717) is 0 Å². The summed E-state index contributed by atoms with van der Waals surface area (Å²) in [6.45, 7) is 0. The fourth-order valence-corrected chi connectivity index (χ4v) is 2.10. The van der Waals surface area contributed by atoms with Crippen LogP contribution < -0.4 is 0 Å². The van der Waals surface area contributed by atoms with Gasteiger partial charge >= 0.3 is 0 Å². The molecule has 41 valence electrons. The van der Waals surface area contributed by atoms with Gasteiger partial charge in [0.1, 0.15) is 0 Å². The quantitative estimate of drug-likeness (QED) is 0.440. The van der Waals surface area contributed by atoms with E-state index < -0.39 is 7.80 Å². The Morgan fingerprint density at radius 1 is 1.29 bits per heavy atom. The molecule has 0 spiro atoms. The first-order valence-corrected chi connectivity index (χ1v) is 4.55. The Morgan fingerprint density at radius 2 is 1.86 bits per heavy atom. The van der Waals surface area contributed by atoms with Crippen molar-refractivity contribution < 1.29 is 4.57 Å². The van der Waals surface area contributed by atoms with Crippen LogP contribution in [-0.4, -0.2) is 12.3 Å². The van der Waals surface area contributed by atoms with E-state index in [-0.39, 0.29) is 0 Å². The highest BCUT2D eigenvalue weighted by molar-refractivity contribution is 7.44. The maximum Gasteiger partial charge on any atom is 0.0762 e. The lowest BCUT2D eigenvalue weighted by atomic mass is 10.3. The molecule has 1 aliphatic heterocycles. The van der Waals surface area contributed by atoms with Crippen LogP contribution in [0, 0.1) is 6.42 Å². The van der Waals surface area contributed by atoms with E-state index in [9.17, 15) is 4.57 Å². The van der Waals surface area contributed by atoms with Crippen LogP contribution in [-0.2, 0) is 4.57 Å². The van der Waals surface area contributed by atoms with Crippen LogP contribution in [0.3, 0.4) is 0 Å². The van der Waals surface area contributed by atoms with E-state index in [1.807, 2.05) is 0 Å². The third-order valence-electron chi connectivity index (χ3n) is 1.25. The van der Waals surface area contributed by atoms with Crippen LogP contribution in [0.1, 0.15) is 12.8 Å². The molecule has 0 bridgehead atoms. The lowest BCUT2D eigenvalue weighted by molar-refractivity contribution is 0.583. The summed E-state index contributed by atoms with van der Waals surface area (Å²) >= 11 is 0. The smallest absolute Gasteiger partial charge is 0.0762 e. The highest BCUT2D eigenvalue weighted by Crippen LogP contribution is 2.28. The highest BCUT2D eigenvalue weighted by Gasteiger charge is 2.04. The fourth-order valence-electron chi connectivity index (χ4n) is 0.795. The van der Waals surface area contributed by atoms with Gasteiger partial charge in [0.2, 0.25) is 0 Å². The van der Waals surface area contributed by atoms with Gasteiger partial charge in [-0.15, -0.1) is 0 Å². The van der Waals surface area contributed by atoms with Crippen LogP contribution in [0.2, 0.25) is 0 Å². The summed E-state index contributed by atoms with van der Waals surface area (Å²) < 4.78 is 10.6. The second-order valence-corrected chi connectivity index (χ2v) is 3.98. The lowest BCUT2D eigenvalue weighted by Crippen LogP contribution is -1.93. The first-order valence-electron chi connectivity index (χ1n) is 2.73. The van der Waals surface area contributed by atoms with Crippen molar-refractivity contribution in [2.24, 2.45) is 0 Å². The molecule has 0 saturated carbocycles. The Balaban J connectivity index is 2.25. The van der Waals surface area contributed by atoms with E-state index >= 15 is 0 Å². The predicted molar refractivity (Wildman–Crippen MR) is 32.3 cm³/mol. The van der Waals surface area contributed by atoms with Crippen molar-refractivity contribution in [3.05, 3.63) is 6.42 Å². The van der Waals surface area contributed by atoms with E-state index in [2.05, 4.69) is 6.42 Å². The number of hydrogen-bond donors (Lipinski definition) is 0. The van der Waals surface area contributed by atoms with E-state index in [1.54, 1.807) is 0 Å². The first kappa shape index (κ1) is 5.37.